The minimum Gasteiger partial charge on any atom is -0.478 e. The number of amides is 1. The molecule has 0 saturated carbocycles. The smallest absolute Gasteiger partial charge is 0.407 e. The summed E-state index contributed by atoms with van der Waals surface area (Å²) in [7, 11) is 0. The van der Waals surface area contributed by atoms with Gasteiger partial charge >= 0.3 is 12.1 Å². The van der Waals surface area contributed by atoms with Gasteiger partial charge in [0, 0.05) is 23.1 Å². The van der Waals surface area contributed by atoms with Gasteiger partial charge in [0.2, 0.25) is 0 Å². The molecule has 2 aromatic carbocycles. The van der Waals surface area contributed by atoms with Gasteiger partial charge in [0.15, 0.2) is 0 Å². The van der Waals surface area contributed by atoms with Crippen LogP contribution in [0.2, 0.25) is 0 Å². The lowest BCUT2D eigenvalue weighted by molar-refractivity contribution is 0.0528. The van der Waals surface area contributed by atoms with Crippen LogP contribution in [0.3, 0.4) is 0 Å². The van der Waals surface area contributed by atoms with Crippen molar-refractivity contribution >= 4 is 23.0 Å². The number of fused-ring (bicyclic) bond motifs is 1. The number of carboxylic acid groups (broad SMARTS) is 1. The second-order valence-electron chi connectivity index (χ2n) is 8.60. The number of nitrogens with one attached hydrogen (secondary N) is 2. The van der Waals surface area contributed by atoms with Crippen LogP contribution in [0.4, 0.5) is 4.79 Å². The van der Waals surface area contributed by atoms with Crippen molar-refractivity contribution in [2.75, 3.05) is 6.54 Å². The fourth-order valence-corrected chi connectivity index (χ4v) is 3.61. The van der Waals surface area contributed by atoms with Crippen LogP contribution in [0, 0.1) is 13.8 Å². The third-order valence-corrected chi connectivity index (χ3v) is 4.71. The highest BCUT2D eigenvalue weighted by molar-refractivity contribution is 5.97. The Balaban J connectivity index is 1.99. The number of H-pyrrole nitrogens is 1. The van der Waals surface area contributed by atoms with Crippen molar-refractivity contribution in [2.45, 2.75) is 46.6 Å². The van der Waals surface area contributed by atoms with E-state index in [0.29, 0.717) is 13.0 Å². The number of aryl methyl sites for hydroxylation is 2. The van der Waals surface area contributed by atoms with Gasteiger partial charge in [-0.2, -0.15) is 0 Å². The van der Waals surface area contributed by atoms with Crippen molar-refractivity contribution in [3.05, 3.63) is 58.7 Å². The zero-order chi connectivity index (χ0) is 22.1. The Morgan fingerprint density at radius 1 is 1.07 bits per heavy atom. The first kappa shape index (κ1) is 21.4. The molecule has 0 fully saturated rings. The summed E-state index contributed by atoms with van der Waals surface area (Å²) in [6.45, 7) is 9.92. The minimum atomic E-state index is -0.969. The largest absolute Gasteiger partial charge is 0.478 e. The number of hydrogen-bond acceptors (Lipinski definition) is 3. The molecular formula is C24H28N2O4. The van der Waals surface area contributed by atoms with Crippen LogP contribution >= 0.6 is 0 Å². The van der Waals surface area contributed by atoms with Gasteiger partial charge in [-0.1, -0.05) is 17.2 Å². The maximum atomic E-state index is 12.0. The van der Waals surface area contributed by atoms with Crippen molar-refractivity contribution in [2.24, 2.45) is 0 Å². The van der Waals surface area contributed by atoms with Crippen molar-refractivity contribution in [3.8, 4) is 11.3 Å². The number of aromatic nitrogens is 1. The first-order chi connectivity index (χ1) is 14.0. The van der Waals surface area contributed by atoms with Crippen LogP contribution in [0.25, 0.3) is 22.2 Å². The minimum absolute atomic E-state index is 0.231. The summed E-state index contributed by atoms with van der Waals surface area (Å²) in [4.78, 5) is 26.9. The van der Waals surface area contributed by atoms with Gasteiger partial charge in [-0.15, -0.1) is 0 Å². The second-order valence-corrected chi connectivity index (χ2v) is 8.60. The molecule has 6 heteroatoms. The Kier molecular flexibility index (Phi) is 5.87. The van der Waals surface area contributed by atoms with Crippen LogP contribution in [-0.4, -0.2) is 34.3 Å². The molecule has 158 valence electrons. The van der Waals surface area contributed by atoms with Gasteiger partial charge in [-0.3, -0.25) is 0 Å². The molecule has 3 N–H and O–H groups in total. The number of benzene rings is 2. The number of alkyl carbamates (subject to hydrolysis) is 1. The van der Waals surface area contributed by atoms with E-state index in [-0.39, 0.29) is 5.56 Å². The van der Waals surface area contributed by atoms with Crippen LogP contribution in [0.5, 0.6) is 0 Å². The molecule has 0 aliphatic rings. The number of carbonyl (C=O) groups is 2. The summed E-state index contributed by atoms with van der Waals surface area (Å²) in [5.41, 5.74) is 5.76. The highest BCUT2D eigenvalue weighted by atomic mass is 16.6. The number of rotatable bonds is 5. The highest BCUT2D eigenvalue weighted by Crippen LogP contribution is 2.32. The summed E-state index contributed by atoms with van der Waals surface area (Å²) < 4.78 is 5.31. The number of ether oxygens (including phenoxy) is 1. The van der Waals surface area contributed by atoms with E-state index in [1.807, 2.05) is 34.6 Å². The van der Waals surface area contributed by atoms with Gasteiger partial charge in [-0.25, -0.2) is 9.59 Å². The fraction of sp³-hybridized carbons (Fsp3) is 0.333. The van der Waals surface area contributed by atoms with E-state index in [4.69, 9.17) is 4.74 Å². The van der Waals surface area contributed by atoms with Crippen LogP contribution < -0.4 is 5.32 Å². The summed E-state index contributed by atoms with van der Waals surface area (Å²) in [5, 5.41) is 13.0. The average Bonchev–Trinajstić information content (AvgIpc) is 2.97. The van der Waals surface area contributed by atoms with E-state index < -0.39 is 17.7 Å². The molecule has 0 aliphatic heterocycles. The van der Waals surface area contributed by atoms with Crippen LogP contribution in [0.15, 0.2) is 36.4 Å². The normalized spacial score (nSPS) is 11.5. The lowest BCUT2D eigenvalue weighted by atomic mass is 9.99. The molecule has 3 aromatic rings. The third kappa shape index (κ3) is 5.00. The summed E-state index contributed by atoms with van der Waals surface area (Å²) in [5.74, 6) is -0.969. The highest BCUT2D eigenvalue weighted by Gasteiger charge is 2.18. The predicted octanol–water partition coefficient (Wildman–Crippen LogP) is 5.22. The Bertz CT molecular complexity index is 1090. The predicted molar refractivity (Wildman–Crippen MR) is 118 cm³/mol. The molecule has 0 atom stereocenters. The first-order valence-corrected chi connectivity index (χ1v) is 9.97. The van der Waals surface area contributed by atoms with Crippen molar-refractivity contribution in [3.63, 3.8) is 0 Å². The SMILES string of the molecule is Cc1cc(C)cc(-c2[nH]c3ccc(C(=O)O)cc3c2CCNC(=O)OC(C)(C)C)c1. The molecule has 30 heavy (non-hydrogen) atoms. The molecule has 6 nitrogen and oxygen atoms in total. The maximum Gasteiger partial charge on any atom is 0.407 e. The Hall–Kier alpha value is -3.28. The standard InChI is InChI=1S/C24H28N2O4/c1-14-10-15(2)12-17(11-14)21-18(8-9-25-23(29)30-24(3,4)5)19-13-16(22(27)28)6-7-20(19)26-21/h6-7,10-13,26H,8-9H2,1-5H3,(H,25,29)(H,27,28). The fourth-order valence-electron chi connectivity index (χ4n) is 3.61. The number of aromatic amines is 1. The lowest BCUT2D eigenvalue weighted by Crippen LogP contribution is -2.33. The van der Waals surface area contributed by atoms with E-state index in [9.17, 15) is 14.7 Å². The molecule has 0 saturated heterocycles. The maximum absolute atomic E-state index is 12.0. The van der Waals surface area contributed by atoms with E-state index in [2.05, 4.69) is 28.5 Å². The molecule has 3 rings (SSSR count). The van der Waals surface area contributed by atoms with Crippen LogP contribution in [0.1, 0.15) is 47.8 Å². The van der Waals surface area contributed by atoms with Gasteiger partial charge < -0.3 is 20.1 Å². The Labute approximate surface area is 176 Å². The van der Waals surface area contributed by atoms with E-state index >= 15 is 0 Å². The number of carbonyl (C=O) groups excluding carboxylic acids is 1. The summed E-state index contributed by atoms with van der Waals surface area (Å²) >= 11 is 0. The molecule has 0 spiro atoms. The zero-order valence-corrected chi connectivity index (χ0v) is 18.1. The van der Waals surface area contributed by atoms with Gasteiger partial charge in [-0.05, 0) is 82.5 Å². The first-order valence-electron chi connectivity index (χ1n) is 9.97. The van der Waals surface area contributed by atoms with Crippen molar-refractivity contribution in [1.82, 2.24) is 10.3 Å². The second kappa shape index (κ2) is 8.22. The Morgan fingerprint density at radius 3 is 2.33 bits per heavy atom. The molecule has 0 bridgehead atoms. The van der Waals surface area contributed by atoms with Crippen molar-refractivity contribution < 1.29 is 19.4 Å². The monoisotopic (exact) mass is 408 g/mol. The number of carboxylic acids is 1. The van der Waals surface area contributed by atoms with Gasteiger partial charge in [0.05, 0.1) is 5.56 Å². The number of hydrogen-bond donors (Lipinski definition) is 3. The average molecular weight is 408 g/mol. The molecule has 1 heterocycles. The molecule has 0 aliphatic carbocycles. The van der Waals surface area contributed by atoms with E-state index in [1.54, 1.807) is 18.2 Å². The van der Waals surface area contributed by atoms with E-state index in [1.165, 1.54) is 0 Å². The number of aromatic carboxylic acids is 1. The summed E-state index contributed by atoms with van der Waals surface area (Å²) in [6, 6.07) is 11.4. The van der Waals surface area contributed by atoms with Gasteiger partial charge in [0.1, 0.15) is 5.60 Å². The molecular weight excluding hydrogens is 380 g/mol. The Morgan fingerprint density at radius 2 is 1.73 bits per heavy atom. The van der Waals surface area contributed by atoms with Crippen molar-refractivity contribution in [1.29, 1.82) is 0 Å². The van der Waals surface area contributed by atoms with Crippen LogP contribution in [-0.2, 0) is 11.2 Å². The molecule has 1 aromatic heterocycles. The molecule has 0 unspecified atom stereocenters. The third-order valence-electron chi connectivity index (χ3n) is 4.71. The lowest BCUT2D eigenvalue weighted by Gasteiger charge is -2.19. The molecule has 0 radical (unpaired) electrons. The van der Waals surface area contributed by atoms with E-state index in [0.717, 1.165) is 38.9 Å². The quantitative estimate of drug-likeness (QED) is 0.540. The molecule has 1 amide bonds. The summed E-state index contributed by atoms with van der Waals surface area (Å²) in [6.07, 6.45) is 0.0616. The van der Waals surface area contributed by atoms with Gasteiger partial charge in [0.25, 0.3) is 0 Å². The topological polar surface area (TPSA) is 91.4 Å². The zero-order valence-electron chi connectivity index (χ0n) is 18.1.